The molecule has 0 atom stereocenters. The number of nitrogens with one attached hydrogen (secondary N) is 1. The van der Waals surface area contributed by atoms with Gasteiger partial charge in [-0.25, -0.2) is 9.38 Å². The number of aliphatic imine (C=N–C) groups is 1. The molecule has 11 heteroatoms. The smallest absolute Gasteiger partial charge is 0.123 e. The number of benzene rings is 2. The summed E-state index contributed by atoms with van der Waals surface area (Å²) < 4.78 is 25.0. The van der Waals surface area contributed by atoms with Gasteiger partial charge in [-0.05, 0) is 79.4 Å². The second kappa shape index (κ2) is 21.2. The number of allylic oxidation sites excluding steroid dienone is 1. The van der Waals surface area contributed by atoms with Gasteiger partial charge in [-0.1, -0.05) is 0 Å². The number of thiol groups is 2. The Labute approximate surface area is 247 Å². The summed E-state index contributed by atoms with van der Waals surface area (Å²) in [6.07, 6.45) is 3.57. The summed E-state index contributed by atoms with van der Waals surface area (Å²) in [4.78, 5) is 8.01. The summed E-state index contributed by atoms with van der Waals surface area (Å²) in [5.41, 5.74) is 8.92. The third-order valence-corrected chi connectivity index (χ3v) is 6.61. The van der Waals surface area contributed by atoms with Gasteiger partial charge < -0.3 is 20.5 Å². The van der Waals surface area contributed by atoms with E-state index in [1.165, 1.54) is 24.1 Å². The first-order chi connectivity index (χ1) is 19.0. The van der Waals surface area contributed by atoms with Gasteiger partial charge in [-0.2, -0.15) is 25.3 Å². The van der Waals surface area contributed by atoms with E-state index in [4.69, 9.17) is 25.3 Å². The highest BCUT2D eigenvalue weighted by molar-refractivity contribution is 7.97. The van der Waals surface area contributed by atoms with E-state index < -0.39 is 0 Å². The van der Waals surface area contributed by atoms with Crippen LogP contribution < -0.4 is 16.2 Å². The second-order valence-electron chi connectivity index (χ2n) is 8.75. The molecule has 0 unspecified atom stereocenters. The summed E-state index contributed by atoms with van der Waals surface area (Å²) in [5, 5.41) is 8.97. The Kier molecular flexibility index (Phi) is 18.3. The molecule has 5 N–H and O–H groups in total. The first-order valence-corrected chi connectivity index (χ1v) is 15.3. The zero-order valence-corrected chi connectivity index (χ0v) is 25.0. The third-order valence-electron chi connectivity index (χ3n) is 5.64. The number of halogens is 1. The van der Waals surface area contributed by atoms with Crippen molar-refractivity contribution in [1.82, 2.24) is 10.2 Å². The SMILES string of the molecule is NSc1ccc(N=C(/C=C(\N)COCCCCOCCN(CCS)CCNCCS)c2ccc(F)cc2)cc1. The van der Waals surface area contributed by atoms with E-state index in [0.29, 0.717) is 31.2 Å². The second-order valence-corrected chi connectivity index (χ2v) is 10.3. The average molecular weight is 596 g/mol. The number of hydrogen-bond acceptors (Lipinski definition) is 10. The fourth-order valence-electron chi connectivity index (χ4n) is 3.57. The van der Waals surface area contributed by atoms with Gasteiger partial charge in [0.15, 0.2) is 0 Å². The molecule has 39 heavy (non-hydrogen) atoms. The lowest BCUT2D eigenvalue weighted by molar-refractivity contribution is 0.0927. The van der Waals surface area contributed by atoms with E-state index in [2.05, 4.69) is 35.5 Å². The first kappa shape index (κ1) is 33.6. The van der Waals surface area contributed by atoms with Crippen molar-refractivity contribution in [3.05, 3.63) is 71.7 Å². The third kappa shape index (κ3) is 15.1. The van der Waals surface area contributed by atoms with E-state index in [-0.39, 0.29) is 12.4 Å². The fraction of sp³-hybridized carbons (Fsp3) is 0.464. The van der Waals surface area contributed by atoms with E-state index in [1.54, 1.807) is 18.2 Å². The van der Waals surface area contributed by atoms with Crippen LogP contribution in [0.3, 0.4) is 0 Å². The quantitative estimate of drug-likeness (QED) is 0.0635. The molecule has 0 saturated heterocycles. The molecular weight excluding hydrogens is 554 g/mol. The summed E-state index contributed by atoms with van der Waals surface area (Å²) in [7, 11) is 0. The van der Waals surface area contributed by atoms with Gasteiger partial charge in [0.2, 0.25) is 0 Å². The number of ether oxygens (including phenoxy) is 2. The average Bonchev–Trinajstić information content (AvgIpc) is 2.94. The van der Waals surface area contributed by atoms with Gasteiger partial charge in [0.1, 0.15) is 5.82 Å². The highest BCUT2D eigenvalue weighted by atomic mass is 32.2. The number of rotatable bonds is 21. The molecule has 0 saturated carbocycles. The summed E-state index contributed by atoms with van der Waals surface area (Å²) in [6, 6.07) is 13.7. The molecule has 216 valence electrons. The van der Waals surface area contributed by atoms with Crippen molar-refractivity contribution in [1.29, 1.82) is 0 Å². The van der Waals surface area contributed by atoms with Crippen LogP contribution in [0, 0.1) is 5.82 Å². The number of nitrogens with zero attached hydrogens (tertiary/aromatic N) is 2. The molecule has 0 radical (unpaired) electrons. The molecule has 2 aromatic carbocycles. The minimum atomic E-state index is -0.307. The number of unbranched alkanes of at least 4 members (excludes halogenated alkanes) is 1. The van der Waals surface area contributed by atoms with Gasteiger partial charge in [0, 0.05) is 73.6 Å². The molecule has 2 rings (SSSR count). The maximum atomic E-state index is 13.5. The van der Waals surface area contributed by atoms with Crippen LogP contribution in [0.25, 0.3) is 0 Å². The van der Waals surface area contributed by atoms with E-state index in [1.807, 2.05) is 24.3 Å². The van der Waals surface area contributed by atoms with Crippen LogP contribution in [-0.4, -0.2) is 81.3 Å². The van der Waals surface area contributed by atoms with E-state index >= 15 is 0 Å². The predicted octanol–water partition coefficient (Wildman–Crippen LogP) is 4.32. The van der Waals surface area contributed by atoms with Crippen molar-refractivity contribution < 1.29 is 13.9 Å². The van der Waals surface area contributed by atoms with Crippen molar-refractivity contribution in [2.24, 2.45) is 15.9 Å². The lowest BCUT2D eigenvalue weighted by Crippen LogP contribution is -2.36. The molecular formula is C28H42FN5O2S3. The fourth-order valence-corrected chi connectivity index (χ4v) is 4.30. The molecule has 0 aliphatic rings. The van der Waals surface area contributed by atoms with Gasteiger partial charge in [0.25, 0.3) is 0 Å². The Morgan fingerprint density at radius 3 is 2.31 bits per heavy atom. The molecule has 0 aromatic heterocycles. The van der Waals surface area contributed by atoms with Gasteiger partial charge in [-0.3, -0.25) is 10.0 Å². The molecule has 0 amide bonds. The lowest BCUT2D eigenvalue weighted by Gasteiger charge is -2.21. The van der Waals surface area contributed by atoms with Crippen molar-refractivity contribution in [2.45, 2.75) is 17.7 Å². The Balaban J connectivity index is 1.73. The highest BCUT2D eigenvalue weighted by Gasteiger charge is 2.06. The van der Waals surface area contributed by atoms with Crippen molar-refractivity contribution in [3.8, 4) is 0 Å². The zero-order chi connectivity index (χ0) is 28.1. The Hall–Kier alpha value is -1.57. The van der Waals surface area contributed by atoms with Crippen LogP contribution >= 0.6 is 37.2 Å². The van der Waals surface area contributed by atoms with Crippen LogP contribution in [-0.2, 0) is 9.47 Å². The standard InChI is InChI=1S/C28H42FN5O2S3/c29-24-5-3-23(4-6-24)28(33-26-7-9-27(39-31)10-8-26)21-25(30)22-36-17-2-1-16-35-18-14-34(15-20-38)13-11-32-12-19-37/h3-10,21,32,37-38H,1-2,11-20,22,30-31H2/b25-21-,33-28?. The van der Waals surface area contributed by atoms with Crippen molar-refractivity contribution >= 4 is 48.6 Å². The summed E-state index contributed by atoms with van der Waals surface area (Å²) in [5.74, 6) is 1.37. The van der Waals surface area contributed by atoms with Crippen LogP contribution in [0.15, 0.2) is 70.2 Å². The predicted molar refractivity (Wildman–Crippen MR) is 169 cm³/mol. The maximum Gasteiger partial charge on any atom is 0.123 e. The topological polar surface area (TPSA) is 98.1 Å². The molecule has 7 nitrogen and oxygen atoms in total. The van der Waals surface area contributed by atoms with Gasteiger partial charge in [0.05, 0.1) is 24.6 Å². The van der Waals surface area contributed by atoms with Gasteiger partial charge in [-0.15, -0.1) is 0 Å². The summed E-state index contributed by atoms with van der Waals surface area (Å²) in [6.45, 7) is 6.96. The van der Waals surface area contributed by atoms with Crippen LogP contribution in [0.5, 0.6) is 0 Å². The monoisotopic (exact) mass is 595 g/mol. The molecule has 0 spiro atoms. The lowest BCUT2D eigenvalue weighted by atomic mass is 10.1. The molecule has 0 aliphatic heterocycles. The largest absolute Gasteiger partial charge is 0.400 e. The van der Waals surface area contributed by atoms with Crippen LogP contribution in [0.1, 0.15) is 18.4 Å². The Morgan fingerprint density at radius 1 is 0.923 bits per heavy atom. The zero-order valence-electron chi connectivity index (χ0n) is 22.4. The Bertz CT molecular complexity index is 978. The first-order valence-electron chi connectivity index (χ1n) is 13.1. The molecule has 0 fully saturated rings. The van der Waals surface area contributed by atoms with Crippen molar-refractivity contribution in [2.75, 3.05) is 70.7 Å². The molecule has 2 aromatic rings. The van der Waals surface area contributed by atoms with E-state index in [0.717, 1.165) is 73.2 Å². The number of nitrogens with two attached hydrogens (primary N) is 2. The summed E-state index contributed by atoms with van der Waals surface area (Å²) >= 11 is 9.74. The Morgan fingerprint density at radius 2 is 1.64 bits per heavy atom. The normalized spacial score (nSPS) is 12.4. The van der Waals surface area contributed by atoms with Gasteiger partial charge >= 0.3 is 0 Å². The maximum absolute atomic E-state index is 13.5. The molecule has 0 heterocycles. The minimum Gasteiger partial charge on any atom is -0.400 e. The van der Waals surface area contributed by atoms with Crippen molar-refractivity contribution in [3.63, 3.8) is 0 Å². The van der Waals surface area contributed by atoms with E-state index in [9.17, 15) is 4.39 Å². The van der Waals surface area contributed by atoms with Crippen LogP contribution in [0.2, 0.25) is 0 Å². The highest BCUT2D eigenvalue weighted by Crippen LogP contribution is 2.20. The minimum absolute atomic E-state index is 0.282. The number of hydrogen-bond donors (Lipinski definition) is 5. The molecule has 0 aliphatic carbocycles. The molecule has 0 bridgehead atoms. The van der Waals surface area contributed by atoms with Crippen LogP contribution in [0.4, 0.5) is 10.1 Å².